The van der Waals surface area contributed by atoms with Gasteiger partial charge in [-0.25, -0.2) is 4.99 Å². The maximum absolute atomic E-state index is 4.64. The Bertz CT molecular complexity index is 599. The molecule has 2 rings (SSSR count). The van der Waals surface area contributed by atoms with Gasteiger partial charge in [0.15, 0.2) is 5.96 Å². The van der Waals surface area contributed by atoms with Crippen molar-refractivity contribution in [2.24, 2.45) is 10.9 Å². The van der Waals surface area contributed by atoms with Crippen molar-refractivity contribution in [3.8, 4) is 0 Å². The highest BCUT2D eigenvalue weighted by atomic mass is 15.2. The second-order valence-corrected chi connectivity index (χ2v) is 5.45. The molecule has 4 heteroatoms. The molecule has 0 aliphatic carbocycles. The minimum absolute atomic E-state index is 0.578. The molecule has 0 fully saturated rings. The summed E-state index contributed by atoms with van der Waals surface area (Å²) in [5.74, 6) is 1.44. The molecule has 0 aliphatic heterocycles. The lowest BCUT2D eigenvalue weighted by Gasteiger charge is -2.13. The summed E-state index contributed by atoms with van der Waals surface area (Å²) in [5.41, 5.74) is 1.01. The van der Waals surface area contributed by atoms with E-state index in [2.05, 4.69) is 53.5 Å². The molecule has 0 saturated heterocycles. The van der Waals surface area contributed by atoms with Crippen molar-refractivity contribution < 1.29 is 0 Å². The van der Waals surface area contributed by atoms with Crippen LogP contribution < -0.4 is 10.6 Å². The first-order valence-corrected chi connectivity index (χ1v) is 7.55. The molecule has 21 heavy (non-hydrogen) atoms. The van der Waals surface area contributed by atoms with Crippen molar-refractivity contribution in [2.75, 3.05) is 13.1 Å². The normalized spacial score (nSPS) is 11.9. The van der Waals surface area contributed by atoms with Gasteiger partial charge in [-0.1, -0.05) is 38.1 Å². The molecule has 0 bridgehead atoms. The van der Waals surface area contributed by atoms with E-state index >= 15 is 0 Å². The van der Waals surface area contributed by atoms with Gasteiger partial charge in [0, 0.05) is 24.7 Å². The molecule has 0 radical (unpaired) electrons. The van der Waals surface area contributed by atoms with E-state index in [4.69, 9.17) is 0 Å². The molecular formula is C17H24N4. The topological polar surface area (TPSA) is 49.3 Å². The standard InChI is InChI=1S/C17H24N4/c1-4-18-17(20-11-13(2)3)21-12-16-15-8-6-5-7-14(15)9-10-19-16/h5-10,13H,4,11-12H2,1-3H3,(H2,18,20,21). The largest absolute Gasteiger partial charge is 0.357 e. The molecule has 0 atom stereocenters. The van der Waals surface area contributed by atoms with Crippen LogP contribution in [0.5, 0.6) is 0 Å². The number of aromatic nitrogens is 1. The van der Waals surface area contributed by atoms with Crippen LogP contribution in [0.2, 0.25) is 0 Å². The van der Waals surface area contributed by atoms with E-state index in [1.165, 1.54) is 10.8 Å². The van der Waals surface area contributed by atoms with Crippen LogP contribution in [-0.2, 0) is 6.54 Å². The second kappa shape index (κ2) is 7.62. The summed E-state index contributed by atoms with van der Waals surface area (Å²) in [7, 11) is 0. The summed E-state index contributed by atoms with van der Waals surface area (Å²) in [4.78, 5) is 9.11. The van der Waals surface area contributed by atoms with E-state index < -0.39 is 0 Å². The Kier molecular flexibility index (Phi) is 5.55. The number of benzene rings is 1. The summed E-state index contributed by atoms with van der Waals surface area (Å²) in [5, 5.41) is 8.99. The number of nitrogens with zero attached hydrogens (tertiary/aromatic N) is 2. The summed E-state index contributed by atoms with van der Waals surface area (Å²) >= 11 is 0. The average Bonchev–Trinajstić information content (AvgIpc) is 2.50. The van der Waals surface area contributed by atoms with Gasteiger partial charge in [0.1, 0.15) is 0 Å². The number of pyridine rings is 1. The van der Waals surface area contributed by atoms with Crippen LogP contribution in [0.25, 0.3) is 10.8 Å². The Hall–Kier alpha value is -2.10. The van der Waals surface area contributed by atoms with E-state index in [0.717, 1.165) is 24.7 Å². The highest BCUT2D eigenvalue weighted by Crippen LogP contribution is 2.16. The lowest BCUT2D eigenvalue weighted by Crippen LogP contribution is -2.39. The molecule has 1 aromatic heterocycles. The quantitative estimate of drug-likeness (QED) is 0.655. The van der Waals surface area contributed by atoms with Crippen molar-refractivity contribution in [1.82, 2.24) is 15.6 Å². The molecule has 4 nitrogen and oxygen atoms in total. The maximum atomic E-state index is 4.64. The fraction of sp³-hybridized carbons (Fsp3) is 0.412. The number of nitrogens with one attached hydrogen (secondary N) is 2. The molecule has 2 N–H and O–H groups in total. The van der Waals surface area contributed by atoms with E-state index in [-0.39, 0.29) is 0 Å². The molecule has 2 aromatic rings. The Labute approximate surface area is 126 Å². The summed E-state index contributed by atoms with van der Waals surface area (Å²) in [6.07, 6.45) is 1.85. The zero-order valence-corrected chi connectivity index (χ0v) is 13.1. The zero-order chi connectivity index (χ0) is 15.1. The van der Waals surface area contributed by atoms with Crippen LogP contribution in [0, 0.1) is 5.92 Å². The van der Waals surface area contributed by atoms with Crippen molar-refractivity contribution in [1.29, 1.82) is 0 Å². The van der Waals surface area contributed by atoms with E-state index in [0.29, 0.717) is 12.5 Å². The Morgan fingerprint density at radius 2 is 2.00 bits per heavy atom. The van der Waals surface area contributed by atoms with E-state index in [1.54, 1.807) is 0 Å². The van der Waals surface area contributed by atoms with E-state index in [1.807, 2.05) is 24.4 Å². The van der Waals surface area contributed by atoms with Gasteiger partial charge < -0.3 is 10.6 Å². The van der Waals surface area contributed by atoms with Gasteiger partial charge in [0.05, 0.1) is 12.2 Å². The number of rotatable bonds is 5. The molecule has 0 spiro atoms. The molecular weight excluding hydrogens is 260 g/mol. The minimum atomic E-state index is 0.578. The molecule has 0 saturated carbocycles. The Morgan fingerprint density at radius 1 is 1.19 bits per heavy atom. The smallest absolute Gasteiger partial charge is 0.191 e. The molecule has 0 unspecified atom stereocenters. The molecule has 1 heterocycles. The highest BCUT2D eigenvalue weighted by molar-refractivity contribution is 5.85. The zero-order valence-electron chi connectivity index (χ0n) is 13.1. The second-order valence-electron chi connectivity index (χ2n) is 5.45. The Morgan fingerprint density at radius 3 is 2.76 bits per heavy atom. The average molecular weight is 284 g/mol. The molecule has 0 aliphatic rings. The van der Waals surface area contributed by atoms with Crippen molar-refractivity contribution in [2.45, 2.75) is 27.3 Å². The first-order valence-electron chi connectivity index (χ1n) is 7.55. The molecule has 1 aromatic carbocycles. The van der Waals surface area contributed by atoms with Gasteiger partial charge in [0.25, 0.3) is 0 Å². The molecule has 0 amide bonds. The van der Waals surface area contributed by atoms with Crippen LogP contribution in [0.1, 0.15) is 26.5 Å². The third-order valence-corrected chi connectivity index (χ3v) is 3.17. The minimum Gasteiger partial charge on any atom is -0.357 e. The van der Waals surface area contributed by atoms with Gasteiger partial charge in [-0.3, -0.25) is 4.98 Å². The summed E-state index contributed by atoms with van der Waals surface area (Å²) in [6.45, 7) is 8.78. The number of hydrogen-bond acceptors (Lipinski definition) is 2. The third-order valence-electron chi connectivity index (χ3n) is 3.17. The highest BCUT2D eigenvalue weighted by Gasteiger charge is 2.03. The van der Waals surface area contributed by atoms with Crippen molar-refractivity contribution in [3.05, 3.63) is 42.2 Å². The predicted molar refractivity (Wildman–Crippen MR) is 89.4 cm³/mol. The fourth-order valence-corrected chi connectivity index (χ4v) is 2.10. The summed E-state index contributed by atoms with van der Waals surface area (Å²) in [6, 6.07) is 10.3. The fourth-order valence-electron chi connectivity index (χ4n) is 2.10. The van der Waals surface area contributed by atoms with Gasteiger partial charge in [-0.2, -0.15) is 0 Å². The van der Waals surface area contributed by atoms with E-state index in [9.17, 15) is 0 Å². The van der Waals surface area contributed by atoms with Gasteiger partial charge in [-0.15, -0.1) is 0 Å². The number of aliphatic imine (C=N–C) groups is 1. The monoisotopic (exact) mass is 284 g/mol. The lowest BCUT2D eigenvalue weighted by atomic mass is 10.1. The SMILES string of the molecule is CCNC(=NCc1nccc2ccccc12)NCC(C)C. The Balaban J connectivity index is 2.15. The van der Waals surface area contributed by atoms with Crippen molar-refractivity contribution in [3.63, 3.8) is 0 Å². The van der Waals surface area contributed by atoms with Crippen LogP contribution >= 0.6 is 0 Å². The van der Waals surface area contributed by atoms with Crippen LogP contribution in [0.3, 0.4) is 0 Å². The number of fused-ring (bicyclic) bond motifs is 1. The van der Waals surface area contributed by atoms with Crippen LogP contribution in [0.15, 0.2) is 41.5 Å². The predicted octanol–water partition coefficient (Wildman–Crippen LogP) is 2.95. The first kappa shape index (κ1) is 15.3. The van der Waals surface area contributed by atoms with Crippen LogP contribution in [0.4, 0.5) is 0 Å². The third kappa shape index (κ3) is 4.45. The summed E-state index contributed by atoms with van der Waals surface area (Å²) < 4.78 is 0. The van der Waals surface area contributed by atoms with Gasteiger partial charge in [-0.05, 0) is 24.3 Å². The lowest BCUT2D eigenvalue weighted by molar-refractivity contribution is 0.614. The number of hydrogen-bond donors (Lipinski definition) is 2. The van der Waals surface area contributed by atoms with Gasteiger partial charge in [0.2, 0.25) is 0 Å². The molecule has 112 valence electrons. The number of guanidine groups is 1. The van der Waals surface area contributed by atoms with Gasteiger partial charge >= 0.3 is 0 Å². The first-order chi connectivity index (χ1) is 10.2. The maximum Gasteiger partial charge on any atom is 0.191 e. The van der Waals surface area contributed by atoms with Crippen molar-refractivity contribution >= 4 is 16.7 Å². The van der Waals surface area contributed by atoms with Crippen LogP contribution in [-0.4, -0.2) is 24.0 Å².